The van der Waals surface area contributed by atoms with Crippen molar-refractivity contribution in [3.8, 4) is 5.75 Å². The summed E-state index contributed by atoms with van der Waals surface area (Å²) in [4.78, 5) is 2.09. The number of fused-ring (bicyclic) bond motifs is 1. The van der Waals surface area contributed by atoms with Crippen molar-refractivity contribution in [2.75, 3.05) is 24.4 Å². The van der Waals surface area contributed by atoms with Gasteiger partial charge in [0, 0.05) is 47.5 Å². The summed E-state index contributed by atoms with van der Waals surface area (Å²) in [7, 11) is 3.67. The molecule has 1 aliphatic heterocycles. The lowest BCUT2D eigenvalue weighted by Gasteiger charge is -2.23. The van der Waals surface area contributed by atoms with Gasteiger partial charge >= 0.3 is 0 Å². The van der Waals surface area contributed by atoms with Gasteiger partial charge in [-0.3, -0.25) is 0 Å². The molecule has 3 aromatic rings. The van der Waals surface area contributed by atoms with E-state index in [4.69, 9.17) is 4.74 Å². The Balaban J connectivity index is 1.55. The molecule has 0 saturated carbocycles. The van der Waals surface area contributed by atoms with Gasteiger partial charge in [-0.15, -0.1) is 5.11 Å². The van der Waals surface area contributed by atoms with Crippen molar-refractivity contribution in [3.05, 3.63) is 96.8 Å². The zero-order chi connectivity index (χ0) is 20.1. The number of hydrogen-bond acceptors (Lipinski definition) is 5. The van der Waals surface area contributed by atoms with Crippen molar-refractivity contribution in [2.24, 2.45) is 10.2 Å². The molecule has 3 aromatic carbocycles. The Morgan fingerprint density at radius 3 is 2.55 bits per heavy atom. The first-order valence-corrected chi connectivity index (χ1v) is 9.36. The minimum atomic E-state index is 0.660. The van der Waals surface area contributed by atoms with Gasteiger partial charge in [0.2, 0.25) is 0 Å². The van der Waals surface area contributed by atoms with E-state index in [1.807, 2.05) is 80.0 Å². The molecule has 1 N–H and O–H groups in total. The van der Waals surface area contributed by atoms with Gasteiger partial charge in [0.15, 0.2) is 0 Å². The van der Waals surface area contributed by atoms with Crippen LogP contribution in [0.4, 0.5) is 22.7 Å². The number of nitrogens with one attached hydrogen (secondary N) is 1. The summed E-state index contributed by atoms with van der Waals surface area (Å²) < 4.78 is 5.50. The lowest BCUT2D eigenvalue weighted by molar-refractivity contribution is 0.416. The van der Waals surface area contributed by atoms with Crippen molar-refractivity contribution in [3.63, 3.8) is 0 Å². The van der Waals surface area contributed by atoms with Crippen molar-refractivity contribution in [2.45, 2.75) is 0 Å². The zero-order valence-corrected chi connectivity index (χ0v) is 16.4. The topological polar surface area (TPSA) is 49.2 Å². The highest BCUT2D eigenvalue weighted by Crippen LogP contribution is 2.34. The standard InChI is InChI=1S/C24H22N4O/c1-28-15-14-18(21-10-6-7-11-23(21)28)17-25-27-22-13-12-20(16-24(22)29-2)26-19-8-4-3-5-9-19/h3-17,26H,1-2H3/b18-17+,27-25?. The van der Waals surface area contributed by atoms with Crippen LogP contribution >= 0.6 is 0 Å². The molecule has 0 saturated heterocycles. The molecule has 0 amide bonds. The monoisotopic (exact) mass is 382 g/mol. The van der Waals surface area contributed by atoms with Gasteiger partial charge < -0.3 is 15.0 Å². The molecule has 1 aliphatic rings. The van der Waals surface area contributed by atoms with E-state index < -0.39 is 0 Å². The summed E-state index contributed by atoms with van der Waals surface area (Å²) in [6.45, 7) is 0. The Bertz CT molecular complexity index is 1090. The fourth-order valence-corrected chi connectivity index (χ4v) is 3.18. The number of rotatable bonds is 5. The third-order valence-corrected chi connectivity index (χ3v) is 4.68. The molecule has 0 aromatic heterocycles. The van der Waals surface area contributed by atoms with E-state index in [-0.39, 0.29) is 0 Å². The average molecular weight is 382 g/mol. The molecule has 1 heterocycles. The Hall–Kier alpha value is -3.86. The maximum absolute atomic E-state index is 5.50. The Labute approximate surface area is 170 Å². The lowest BCUT2D eigenvalue weighted by atomic mass is 10.0. The summed E-state index contributed by atoms with van der Waals surface area (Å²) in [6.07, 6.45) is 5.83. The number of allylic oxidation sites excluding steroid dienone is 2. The van der Waals surface area contributed by atoms with Crippen molar-refractivity contribution < 1.29 is 4.74 Å². The van der Waals surface area contributed by atoms with E-state index in [2.05, 4.69) is 32.6 Å². The summed E-state index contributed by atoms with van der Waals surface area (Å²) in [5, 5.41) is 12.0. The van der Waals surface area contributed by atoms with Crippen LogP contribution < -0.4 is 15.0 Å². The van der Waals surface area contributed by atoms with Crippen molar-refractivity contribution >= 4 is 28.3 Å². The first-order valence-electron chi connectivity index (χ1n) is 9.36. The second kappa shape index (κ2) is 8.44. The molecule has 0 aliphatic carbocycles. The predicted molar refractivity (Wildman–Crippen MR) is 119 cm³/mol. The van der Waals surface area contributed by atoms with Gasteiger partial charge in [0.05, 0.1) is 13.3 Å². The number of benzene rings is 3. The van der Waals surface area contributed by atoms with Crippen molar-refractivity contribution in [1.82, 2.24) is 0 Å². The molecule has 0 atom stereocenters. The highest BCUT2D eigenvalue weighted by molar-refractivity contribution is 5.85. The minimum Gasteiger partial charge on any atom is -0.494 e. The molecule has 0 bridgehead atoms. The SMILES string of the molecule is COc1cc(Nc2ccccc2)ccc1N=N/C=C1\C=CN(C)c2ccccc21. The van der Waals surface area contributed by atoms with Crippen LogP contribution in [0.25, 0.3) is 5.57 Å². The van der Waals surface area contributed by atoms with E-state index >= 15 is 0 Å². The predicted octanol–water partition coefficient (Wildman–Crippen LogP) is 6.53. The Morgan fingerprint density at radius 2 is 1.72 bits per heavy atom. The first kappa shape index (κ1) is 18.5. The molecule has 144 valence electrons. The third-order valence-electron chi connectivity index (χ3n) is 4.68. The highest BCUT2D eigenvalue weighted by atomic mass is 16.5. The molecule has 0 fully saturated rings. The average Bonchev–Trinajstić information content (AvgIpc) is 2.77. The summed E-state index contributed by atoms with van der Waals surface area (Å²) >= 11 is 0. The Kier molecular flexibility index (Phi) is 5.38. The molecule has 29 heavy (non-hydrogen) atoms. The normalized spacial score (nSPS) is 14.3. The molecular formula is C24H22N4O. The van der Waals surface area contributed by atoms with Crippen LogP contribution in [-0.2, 0) is 0 Å². The second-order valence-corrected chi connectivity index (χ2v) is 6.62. The van der Waals surface area contributed by atoms with Crippen LogP contribution in [0.2, 0.25) is 0 Å². The summed E-state index contributed by atoms with van der Waals surface area (Å²) in [6, 6.07) is 24.0. The van der Waals surface area contributed by atoms with E-state index in [9.17, 15) is 0 Å². The number of methoxy groups -OCH3 is 1. The van der Waals surface area contributed by atoms with Gasteiger partial charge in [0.1, 0.15) is 11.4 Å². The van der Waals surface area contributed by atoms with Crippen LogP contribution in [0.3, 0.4) is 0 Å². The first-order chi connectivity index (χ1) is 14.2. The van der Waals surface area contributed by atoms with E-state index in [1.54, 1.807) is 13.3 Å². The van der Waals surface area contributed by atoms with Gasteiger partial charge in [-0.05, 0) is 36.4 Å². The van der Waals surface area contributed by atoms with Crippen LogP contribution in [-0.4, -0.2) is 14.2 Å². The van der Waals surface area contributed by atoms with Gasteiger partial charge in [-0.25, -0.2) is 0 Å². The Morgan fingerprint density at radius 1 is 0.931 bits per heavy atom. The molecule has 4 rings (SSSR count). The fraction of sp³-hybridized carbons (Fsp3) is 0.0833. The smallest absolute Gasteiger partial charge is 0.148 e. The van der Waals surface area contributed by atoms with Gasteiger partial charge in [0.25, 0.3) is 0 Å². The zero-order valence-electron chi connectivity index (χ0n) is 16.4. The quantitative estimate of drug-likeness (QED) is 0.511. The van der Waals surface area contributed by atoms with Crippen LogP contribution in [0.1, 0.15) is 5.56 Å². The van der Waals surface area contributed by atoms with E-state index in [0.717, 1.165) is 28.2 Å². The maximum Gasteiger partial charge on any atom is 0.148 e. The minimum absolute atomic E-state index is 0.660. The number of ether oxygens (including phenoxy) is 1. The molecular weight excluding hydrogens is 360 g/mol. The number of para-hydroxylation sites is 2. The summed E-state index contributed by atoms with van der Waals surface area (Å²) in [5.74, 6) is 0.660. The largest absolute Gasteiger partial charge is 0.494 e. The highest BCUT2D eigenvalue weighted by Gasteiger charge is 2.12. The van der Waals surface area contributed by atoms with E-state index in [0.29, 0.717) is 11.4 Å². The van der Waals surface area contributed by atoms with Crippen LogP contribution in [0, 0.1) is 0 Å². The molecule has 5 nitrogen and oxygen atoms in total. The summed E-state index contributed by atoms with van der Waals surface area (Å²) in [5.41, 5.74) is 5.91. The number of hydrogen-bond donors (Lipinski definition) is 1. The molecule has 0 radical (unpaired) electrons. The third kappa shape index (κ3) is 4.19. The maximum atomic E-state index is 5.50. The second-order valence-electron chi connectivity index (χ2n) is 6.62. The lowest BCUT2D eigenvalue weighted by Crippen LogP contribution is -2.13. The fourth-order valence-electron chi connectivity index (χ4n) is 3.18. The van der Waals surface area contributed by atoms with Crippen LogP contribution in [0.5, 0.6) is 5.75 Å². The molecule has 0 unspecified atom stereocenters. The van der Waals surface area contributed by atoms with E-state index in [1.165, 1.54) is 0 Å². The van der Waals surface area contributed by atoms with Gasteiger partial charge in [-0.2, -0.15) is 5.11 Å². The van der Waals surface area contributed by atoms with Crippen molar-refractivity contribution in [1.29, 1.82) is 0 Å². The van der Waals surface area contributed by atoms with Gasteiger partial charge in [-0.1, -0.05) is 36.4 Å². The molecule has 0 spiro atoms. The number of azo groups is 1. The molecule has 5 heteroatoms. The van der Waals surface area contributed by atoms with Crippen LogP contribution in [0.15, 0.2) is 102 Å². The number of anilines is 3. The number of nitrogens with zero attached hydrogens (tertiary/aromatic N) is 3.